The zero-order valence-corrected chi connectivity index (χ0v) is 15.6. The molecule has 0 saturated carbocycles. The number of hydrogen-bond acceptors (Lipinski definition) is 5. The predicted octanol–water partition coefficient (Wildman–Crippen LogP) is 4.65. The van der Waals surface area contributed by atoms with Crippen LogP contribution in [0.5, 0.6) is 0 Å². The summed E-state index contributed by atoms with van der Waals surface area (Å²) in [7, 11) is 0. The molecule has 134 valence electrons. The van der Waals surface area contributed by atoms with E-state index in [2.05, 4.69) is 37.1 Å². The topological polar surface area (TPSA) is 67.2 Å². The number of nitrogens with zero attached hydrogens (tertiary/aromatic N) is 2. The average molecular weight is 333 g/mol. The molecule has 2 atom stereocenters. The fraction of sp³-hybridized carbons (Fsp3) is 0.684. The summed E-state index contributed by atoms with van der Waals surface area (Å²) in [4.78, 5) is 4.47. The van der Waals surface area contributed by atoms with Gasteiger partial charge in [-0.25, -0.2) is 4.98 Å². The standard InChI is InChI=1S/C19H31N3O2/c1-6-14(5)12-15(7-2)21-18-11-10-16(17(13-20)22-18)19(23-8-3)24-9-4/h10-11,14-15,19H,6-9,12H2,1-5H3,(H,21,22). The van der Waals surface area contributed by atoms with Crippen LogP contribution in [0.15, 0.2) is 12.1 Å². The summed E-state index contributed by atoms with van der Waals surface area (Å²) in [6.45, 7) is 11.5. The van der Waals surface area contributed by atoms with E-state index in [0.29, 0.717) is 36.4 Å². The summed E-state index contributed by atoms with van der Waals surface area (Å²) in [6, 6.07) is 6.30. The van der Waals surface area contributed by atoms with Gasteiger partial charge in [-0.2, -0.15) is 5.26 Å². The van der Waals surface area contributed by atoms with Crippen molar-refractivity contribution in [2.45, 2.75) is 66.2 Å². The van der Waals surface area contributed by atoms with Crippen LogP contribution in [-0.2, 0) is 9.47 Å². The molecule has 1 rings (SSSR count). The molecule has 1 N–H and O–H groups in total. The highest BCUT2D eigenvalue weighted by Crippen LogP contribution is 2.24. The van der Waals surface area contributed by atoms with Gasteiger partial charge in [0.25, 0.3) is 0 Å². The van der Waals surface area contributed by atoms with Crippen molar-refractivity contribution in [2.75, 3.05) is 18.5 Å². The number of ether oxygens (including phenoxy) is 2. The molecule has 1 aromatic heterocycles. The molecule has 0 fully saturated rings. The first kappa shape index (κ1) is 20.4. The molecule has 24 heavy (non-hydrogen) atoms. The number of aromatic nitrogens is 1. The lowest BCUT2D eigenvalue weighted by Gasteiger charge is -2.22. The van der Waals surface area contributed by atoms with Gasteiger partial charge in [-0.1, -0.05) is 27.2 Å². The maximum absolute atomic E-state index is 9.45. The zero-order valence-electron chi connectivity index (χ0n) is 15.6. The molecule has 0 aromatic carbocycles. The Morgan fingerprint density at radius 3 is 2.29 bits per heavy atom. The molecule has 0 aliphatic heterocycles. The highest BCUT2D eigenvalue weighted by atomic mass is 16.7. The molecule has 0 spiro atoms. The van der Waals surface area contributed by atoms with Gasteiger partial charge in [0.1, 0.15) is 11.9 Å². The maximum Gasteiger partial charge on any atom is 0.186 e. The number of nitriles is 1. The molecule has 5 nitrogen and oxygen atoms in total. The van der Waals surface area contributed by atoms with Crippen molar-refractivity contribution in [3.8, 4) is 6.07 Å². The van der Waals surface area contributed by atoms with Gasteiger partial charge in [-0.3, -0.25) is 0 Å². The van der Waals surface area contributed by atoms with Crippen LogP contribution in [0.2, 0.25) is 0 Å². The fourth-order valence-corrected chi connectivity index (χ4v) is 2.55. The Hall–Kier alpha value is -1.64. The zero-order chi connectivity index (χ0) is 17.9. The third kappa shape index (κ3) is 6.10. The van der Waals surface area contributed by atoms with E-state index in [0.717, 1.165) is 18.7 Å². The van der Waals surface area contributed by atoms with Crippen LogP contribution < -0.4 is 5.32 Å². The van der Waals surface area contributed by atoms with Gasteiger partial charge in [-0.05, 0) is 44.7 Å². The van der Waals surface area contributed by atoms with Gasteiger partial charge in [0.05, 0.1) is 0 Å². The Morgan fingerprint density at radius 2 is 1.79 bits per heavy atom. The van der Waals surface area contributed by atoms with E-state index in [-0.39, 0.29) is 0 Å². The minimum Gasteiger partial charge on any atom is -0.367 e. The fourth-order valence-electron chi connectivity index (χ4n) is 2.55. The number of anilines is 1. The second-order valence-electron chi connectivity index (χ2n) is 5.99. The average Bonchev–Trinajstić information content (AvgIpc) is 2.60. The Morgan fingerprint density at radius 1 is 1.12 bits per heavy atom. The van der Waals surface area contributed by atoms with E-state index in [1.165, 1.54) is 6.42 Å². The Kier molecular flexibility index (Phi) is 9.36. The van der Waals surface area contributed by atoms with Crippen molar-refractivity contribution < 1.29 is 9.47 Å². The minimum atomic E-state index is -0.543. The lowest BCUT2D eigenvalue weighted by molar-refractivity contribution is -0.140. The SMILES string of the molecule is CCOC(OCC)c1ccc(NC(CC)CC(C)CC)nc1C#N. The van der Waals surface area contributed by atoms with Crippen molar-refractivity contribution in [3.05, 3.63) is 23.4 Å². The van der Waals surface area contributed by atoms with E-state index in [1.54, 1.807) is 0 Å². The smallest absolute Gasteiger partial charge is 0.186 e. The van der Waals surface area contributed by atoms with Crippen LogP contribution in [0, 0.1) is 17.2 Å². The molecular weight excluding hydrogens is 302 g/mol. The normalized spacial score (nSPS) is 13.5. The van der Waals surface area contributed by atoms with E-state index in [1.807, 2.05) is 26.0 Å². The number of pyridine rings is 1. The van der Waals surface area contributed by atoms with Crippen molar-refractivity contribution >= 4 is 5.82 Å². The van der Waals surface area contributed by atoms with E-state index >= 15 is 0 Å². The number of nitrogens with one attached hydrogen (secondary N) is 1. The Labute approximate surface area is 146 Å². The molecule has 0 bridgehead atoms. The first-order chi connectivity index (χ1) is 11.6. The van der Waals surface area contributed by atoms with Gasteiger partial charge in [0, 0.05) is 24.8 Å². The van der Waals surface area contributed by atoms with Crippen molar-refractivity contribution in [3.63, 3.8) is 0 Å². The van der Waals surface area contributed by atoms with E-state index in [9.17, 15) is 5.26 Å². The molecule has 0 radical (unpaired) electrons. The maximum atomic E-state index is 9.45. The van der Waals surface area contributed by atoms with Crippen LogP contribution in [-0.4, -0.2) is 24.2 Å². The highest BCUT2D eigenvalue weighted by Gasteiger charge is 2.18. The van der Waals surface area contributed by atoms with Gasteiger partial charge in [0.2, 0.25) is 0 Å². The summed E-state index contributed by atoms with van der Waals surface area (Å²) in [5.74, 6) is 1.40. The summed E-state index contributed by atoms with van der Waals surface area (Å²) >= 11 is 0. The van der Waals surface area contributed by atoms with E-state index < -0.39 is 6.29 Å². The summed E-state index contributed by atoms with van der Waals surface area (Å²) in [6.07, 6.45) is 2.74. The minimum absolute atomic E-state index is 0.352. The second kappa shape index (κ2) is 11.0. The van der Waals surface area contributed by atoms with Gasteiger partial charge in [-0.15, -0.1) is 0 Å². The van der Waals surface area contributed by atoms with Crippen LogP contribution >= 0.6 is 0 Å². The molecule has 1 heterocycles. The van der Waals surface area contributed by atoms with Gasteiger partial charge < -0.3 is 14.8 Å². The van der Waals surface area contributed by atoms with Crippen LogP contribution in [0.1, 0.15) is 71.4 Å². The third-order valence-corrected chi connectivity index (χ3v) is 4.15. The highest BCUT2D eigenvalue weighted by molar-refractivity contribution is 5.44. The third-order valence-electron chi connectivity index (χ3n) is 4.15. The summed E-state index contributed by atoms with van der Waals surface area (Å²) < 4.78 is 11.2. The molecule has 0 aliphatic carbocycles. The van der Waals surface area contributed by atoms with Crippen molar-refractivity contribution in [1.82, 2.24) is 4.98 Å². The lowest BCUT2D eigenvalue weighted by Crippen LogP contribution is -2.22. The molecular formula is C19H31N3O2. The molecule has 0 saturated heterocycles. The number of rotatable bonds is 11. The Bertz CT molecular complexity index is 522. The van der Waals surface area contributed by atoms with Crippen LogP contribution in [0.25, 0.3) is 0 Å². The Balaban J connectivity index is 2.94. The summed E-state index contributed by atoms with van der Waals surface area (Å²) in [5, 5.41) is 12.9. The molecule has 5 heteroatoms. The molecule has 0 amide bonds. The van der Waals surface area contributed by atoms with Crippen LogP contribution in [0.3, 0.4) is 0 Å². The first-order valence-electron chi connectivity index (χ1n) is 9.00. The van der Waals surface area contributed by atoms with E-state index in [4.69, 9.17) is 9.47 Å². The number of hydrogen-bond donors (Lipinski definition) is 1. The lowest BCUT2D eigenvalue weighted by atomic mass is 9.98. The monoisotopic (exact) mass is 333 g/mol. The quantitative estimate of drug-likeness (QED) is 0.597. The van der Waals surface area contributed by atoms with Crippen molar-refractivity contribution in [1.29, 1.82) is 5.26 Å². The summed E-state index contributed by atoms with van der Waals surface area (Å²) in [5.41, 5.74) is 1.03. The van der Waals surface area contributed by atoms with Crippen molar-refractivity contribution in [2.24, 2.45) is 5.92 Å². The first-order valence-corrected chi connectivity index (χ1v) is 9.00. The van der Waals surface area contributed by atoms with Gasteiger partial charge in [0.15, 0.2) is 12.0 Å². The molecule has 0 aliphatic rings. The van der Waals surface area contributed by atoms with Crippen LogP contribution in [0.4, 0.5) is 5.82 Å². The molecule has 1 aromatic rings. The molecule has 2 unspecified atom stereocenters. The van der Waals surface area contributed by atoms with Gasteiger partial charge >= 0.3 is 0 Å². The second-order valence-corrected chi connectivity index (χ2v) is 5.99. The largest absolute Gasteiger partial charge is 0.367 e. The predicted molar refractivity (Wildman–Crippen MR) is 96.7 cm³/mol.